The molecule has 0 spiro atoms. The summed E-state index contributed by atoms with van der Waals surface area (Å²) in [5.74, 6) is -1.03. The van der Waals surface area contributed by atoms with E-state index >= 15 is 0 Å². The van der Waals surface area contributed by atoms with Crippen LogP contribution in [-0.2, 0) is 4.79 Å². The fraction of sp³-hybridized carbons (Fsp3) is 0. The minimum absolute atomic E-state index is 0.0286. The van der Waals surface area contributed by atoms with Crippen molar-refractivity contribution < 1.29 is 9.90 Å². The number of thiophene rings is 1. The van der Waals surface area contributed by atoms with Gasteiger partial charge >= 0.3 is 5.97 Å². The molecule has 19 heavy (non-hydrogen) atoms. The molecule has 1 aromatic heterocycles. The number of nitrogens with zero attached hydrogens (tertiary/aromatic N) is 1. The first kappa shape index (κ1) is 11.7. The second kappa shape index (κ2) is 4.70. The third-order valence-electron chi connectivity index (χ3n) is 2.70. The first-order valence-electron chi connectivity index (χ1n) is 5.67. The van der Waals surface area contributed by atoms with E-state index in [0.29, 0.717) is 5.69 Å². The number of rotatable bonds is 2. The Hall–Kier alpha value is -2.40. The van der Waals surface area contributed by atoms with Crippen molar-refractivity contribution in [3.63, 3.8) is 0 Å². The first-order chi connectivity index (χ1) is 9.24. The number of fused-ring (bicyclic) bond motifs is 1. The maximum Gasteiger partial charge on any atom is 0.354 e. The number of nitrogens with one attached hydrogen (secondary N) is 1. The summed E-state index contributed by atoms with van der Waals surface area (Å²) in [5, 5.41) is 14.4. The molecule has 2 aromatic rings. The van der Waals surface area contributed by atoms with Gasteiger partial charge in [-0.1, -0.05) is 18.2 Å². The molecule has 0 aliphatic carbocycles. The van der Waals surface area contributed by atoms with Crippen molar-refractivity contribution in [2.75, 3.05) is 5.32 Å². The Balaban J connectivity index is 2.15. The SMILES string of the molecule is O=C(O)C1=Nc2ccccc2NC(c2cccs2)=C1. The molecule has 1 aromatic carbocycles. The van der Waals surface area contributed by atoms with Crippen molar-refractivity contribution in [2.24, 2.45) is 4.99 Å². The zero-order valence-corrected chi connectivity index (χ0v) is 10.6. The number of para-hydroxylation sites is 2. The number of hydrogen-bond donors (Lipinski definition) is 2. The molecule has 4 nitrogen and oxygen atoms in total. The number of aliphatic carboxylic acids is 1. The molecule has 1 aliphatic rings. The van der Waals surface area contributed by atoms with Crippen LogP contribution >= 0.6 is 11.3 Å². The van der Waals surface area contributed by atoms with Gasteiger partial charge in [-0.25, -0.2) is 9.79 Å². The predicted molar refractivity (Wildman–Crippen MR) is 77.1 cm³/mol. The van der Waals surface area contributed by atoms with Gasteiger partial charge in [0.25, 0.3) is 0 Å². The zero-order valence-electron chi connectivity index (χ0n) is 9.83. The highest BCUT2D eigenvalue weighted by Gasteiger charge is 2.16. The fourth-order valence-corrected chi connectivity index (χ4v) is 2.53. The van der Waals surface area contributed by atoms with E-state index in [9.17, 15) is 9.90 Å². The van der Waals surface area contributed by atoms with E-state index in [2.05, 4.69) is 10.3 Å². The molecule has 0 atom stereocenters. The van der Waals surface area contributed by atoms with E-state index in [4.69, 9.17) is 0 Å². The van der Waals surface area contributed by atoms with Crippen LogP contribution in [0.25, 0.3) is 5.70 Å². The van der Waals surface area contributed by atoms with E-state index in [1.165, 1.54) is 0 Å². The van der Waals surface area contributed by atoms with Crippen molar-refractivity contribution >= 4 is 40.1 Å². The largest absolute Gasteiger partial charge is 0.477 e. The van der Waals surface area contributed by atoms with Gasteiger partial charge in [-0.3, -0.25) is 0 Å². The van der Waals surface area contributed by atoms with E-state index in [1.807, 2.05) is 35.7 Å². The topological polar surface area (TPSA) is 61.7 Å². The Bertz CT molecular complexity index is 687. The maximum atomic E-state index is 11.2. The molecule has 3 rings (SSSR count). The van der Waals surface area contributed by atoms with E-state index < -0.39 is 5.97 Å². The Morgan fingerprint density at radius 2 is 2.05 bits per heavy atom. The van der Waals surface area contributed by atoms with Crippen LogP contribution in [0.3, 0.4) is 0 Å². The molecule has 0 saturated carbocycles. The summed E-state index contributed by atoms with van der Waals surface area (Å²) in [6.07, 6.45) is 1.56. The number of anilines is 1. The molecule has 2 N–H and O–H groups in total. The Morgan fingerprint density at radius 3 is 2.79 bits per heavy atom. The minimum atomic E-state index is -1.03. The molecule has 2 heterocycles. The monoisotopic (exact) mass is 270 g/mol. The highest BCUT2D eigenvalue weighted by Crippen LogP contribution is 2.32. The number of carboxylic acid groups (broad SMARTS) is 1. The maximum absolute atomic E-state index is 11.2. The van der Waals surface area contributed by atoms with Gasteiger partial charge in [0.05, 0.1) is 21.9 Å². The van der Waals surface area contributed by atoms with Crippen LogP contribution in [0.2, 0.25) is 0 Å². The van der Waals surface area contributed by atoms with Crippen LogP contribution in [0.5, 0.6) is 0 Å². The number of benzene rings is 1. The summed E-state index contributed by atoms with van der Waals surface area (Å²) in [4.78, 5) is 16.4. The lowest BCUT2D eigenvalue weighted by Crippen LogP contribution is -2.10. The number of hydrogen-bond acceptors (Lipinski definition) is 4. The third-order valence-corrected chi connectivity index (χ3v) is 3.60. The molecule has 1 aliphatic heterocycles. The smallest absolute Gasteiger partial charge is 0.354 e. The zero-order chi connectivity index (χ0) is 13.2. The van der Waals surface area contributed by atoms with E-state index in [0.717, 1.165) is 16.3 Å². The number of carbonyl (C=O) groups is 1. The lowest BCUT2D eigenvalue weighted by molar-refractivity contribution is -0.129. The Morgan fingerprint density at radius 1 is 1.21 bits per heavy atom. The minimum Gasteiger partial charge on any atom is -0.477 e. The van der Waals surface area contributed by atoms with Gasteiger partial charge in [0.2, 0.25) is 0 Å². The molecule has 94 valence electrons. The average Bonchev–Trinajstić information content (AvgIpc) is 2.85. The molecule has 0 saturated heterocycles. The van der Waals surface area contributed by atoms with Gasteiger partial charge < -0.3 is 10.4 Å². The number of carboxylic acids is 1. The summed E-state index contributed by atoms with van der Waals surface area (Å²) in [7, 11) is 0. The molecule has 0 unspecified atom stereocenters. The quantitative estimate of drug-likeness (QED) is 0.879. The van der Waals surface area contributed by atoms with E-state index in [-0.39, 0.29) is 5.71 Å². The van der Waals surface area contributed by atoms with Gasteiger partial charge in [-0.2, -0.15) is 0 Å². The number of aliphatic imine (C=N–C) groups is 1. The summed E-state index contributed by atoms with van der Waals surface area (Å²) in [5.41, 5.74) is 2.21. The highest BCUT2D eigenvalue weighted by molar-refractivity contribution is 7.11. The Labute approximate surface area is 113 Å². The highest BCUT2D eigenvalue weighted by atomic mass is 32.1. The van der Waals surface area contributed by atoms with Crippen LogP contribution in [0, 0.1) is 0 Å². The van der Waals surface area contributed by atoms with Crippen molar-refractivity contribution in [1.82, 2.24) is 0 Å². The average molecular weight is 270 g/mol. The first-order valence-corrected chi connectivity index (χ1v) is 6.55. The molecule has 5 heteroatoms. The fourth-order valence-electron chi connectivity index (χ4n) is 1.83. The van der Waals surface area contributed by atoms with Crippen molar-refractivity contribution in [3.05, 3.63) is 52.7 Å². The van der Waals surface area contributed by atoms with Gasteiger partial charge in [0, 0.05) is 0 Å². The lowest BCUT2D eigenvalue weighted by Gasteiger charge is -2.08. The second-order valence-corrected chi connectivity index (χ2v) is 4.93. The van der Waals surface area contributed by atoms with E-state index in [1.54, 1.807) is 23.5 Å². The summed E-state index contributed by atoms with van der Waals surface area (Å²) >= 11 is 1.55. The van der Waals surface area contributed by atoms with Gasteiger partial charge in [-0.05, 0) is 29.7 Å². The summed E-state index contributed by atoms with van der Waals surface area (Å²) < 4.78 is 0. The molecule has 0 bridgehead atoms. The van der Waals surface area contributed by atoms with Crippen LogP contribution < -0.4 is 5.32 Å². The normalized spacial score (nSPS) is 13.7. The van der Waals surface area contributed by atoms with Crippen molar-refractivity contribution in [3.8, 4) is 0 Å². The van der Waals surface area contributed by atoms with Crippen LogP contribution in [0.15, 0.2) is 52.8 Å². The standard InChI is InChI=1S/C14H10N2O2S/c17-14(18)12-8-11(13-6-3-7-19-13)15-9-4-1-2-5-10(9)16-12/h1-8,15H,(H,17,18). The molecule has 0 fully saturated rings. The van der Waals surface area contributed by atoms with Gasteiger partial charge in [0.15, 0.2) is 5.71 Å². The van der Waals surface area contributed by atoms with Gasteiger partial charge in [-0.15, -0.1) is 11.3 Å². The van der Waals surface area contributed by atoms with Gasteiger partial charge in [0.1, 0.15) is 0 Å². The van der Waals surface area contributed by atoms with Crippen molar-refractivity contribution in [1.29, 1.82) is 0 Å². The predicted octanol–water partition coefficient (Wildman–Crippen LogP) is 3.37. The molecular formula is C14H10N2O2S. The lowest BCUT2D eigenvalue weighted by atomic mass is 10.2. The molecule has 0 radical (unpaired) electrons. The van der Waals surface area contributed by atoms with Crippen molar-refractivity contribution in [2.45, 2.75) is 0 Å². The molecule has 0 amide bonds. The van der Waals surface area contributed by atoms with Crippen LogP contribution in [0.4, 0.5) is 11.4 Å². The van der Waals surface area contributed by atoms with Crippen LogP contribution in [-0.4, -0.2) is 16.8 Å². The summed E-state index contributed by atoms with van der Waals surface area (Å²) in [6.45, 7) is 0. The Kier molecular flexibility index (Phi) is 2.89. The van der Waals surface area contributed by atoms with Crippen LogP contribution in [0.1, 0.15) is 4.88 Å². The molecular weight excluding hydrogens is 260 g/mol. The second-order valence-electron chi connectivity index (χ2n) is 3.98. The third kappa shape index (κ3) is 2.28. The summed E-state index contributed by atoms with van der Waals surface area (Å²) in [6, 6.07) is 11.3.